The van der Waals surface area contributed by atoms with E-state index in [1.54, 1.807) is 0 Å². The minimum absolute atomic E-state index is 1.02. The van der Waals surface area contributed by atoms with Gasteiger partial charge in [0.1, 0.15) is 0 Å². The van der Waals surface area contributed by atoms with E-state index in [9.17, 15) is 0 Å². The summed E-state index contributed by atoms with van der Waals surface area (Å²) in [6.45, 7) is 13.8. The molecule has 2 aromatic carbocycles. The minimum Gasteiger partial charge on any atom is -0.252 e. The molecule has 0 unspecified atom stereocenters. The van der Waals surface area contributed by atoms with Crippen LogP contribution in [0.3, 0.4) is 0 Å². The molecule has 2 nitrogen and oxygen atoms in total. The third-order valence-electron chi connectivity index (χ3n) is 8.50. The second-order valence-corrected chi connectivity index (χ2v) is 12.8. The van der Waals surface area contributed by atoms with E-state index in [0.717, 1.165) is 49.9 Å². The van der Waals surface area contributed by atoms with Crippen molar-refractivity contribution < 1.29 is 0 Å². The van der Waals surface area contributed by atoms with E-state index >= 15 is 0 Å². The fraction of sp³-hybridized carbons (Fsp3) is 0.659. The van der Waals surface area contributed by atoms with Crippen molar-refractivity contribution in [3.05, 3.63) is 58.7 Å². The number of unbranched alkanes of at least 4 members (excludes halogenated alkanes) is 9. The second-order valence-electron chi connectivity index (χ2n) is 12.8. The van der Waals surface area contributed by atoms with E-state index in [0.29, 0.717) is 0 Å². The quantitative estimate of drug-likeness (QED) is 0.0863. The Kier molecular flexibility index (Phi) is 19.9. The van der Waals surface area contributed by atoms with Crippen molar-refractivity contribution in [2.75, 3.05) is 0 Å². The second kappa shape index (κ2) is 23.2. The molecular weight excluding hydrogens is 520 g/mol. The average Bonchev–Trinajstić information content (AvgIpc) is 3.01. The Labute approximate surface area is 267 Å². The standard InChI is InChI=1S/C41H66N2/c1-7-13-19-21-27-41(43-39-32-36(24-17-11-5)29-37(33-39)25-18-12-6)40(26-20-14-8-2)42-38-30-34(22-15-9-3)28-35(31-38)23-16-10-4/h28-33H,7-27H2,1-6H3. The molecule has 0 saturated carbocycles. The number of benzene rings is 2. The maximum Gasteiger partial charge on any atom is 0.0639 e. The summed E-state index contributed by atoms with van der Waals surface area (Å²) in [5.74, 6) is 0. The van der Waals surface area contributed by atoms with E-state index in [4.69, 9.17) is 9.98 Å². The number of aliphatic imine (C=N–C) groups is 2. The lowest BCUT2D eigenvalue weighted by molar-refractivity contribution is 0.683. The largest absolute Gasteiger partial charge is 0.252 e. The summed E-state index contributed by atoms with van der Waals surface area (Å²) in [6.07, 6.45) is 25.2. The van der Waals surface area contributed by atoms with Crippen LogP contribution in [-0.4, -0.2) is 11.4 Å². The van der Waals surface area contributed by atoms with Gasteiger partial charge in [-0.15, -0.1) is 0 Å². The first-order valence-electron chi connectivity index (χ1n) is 18.5. The minimum atomic E-state index is 1.02. The van der Waals surface area contributed by atoms with Gasteiger partial charge in [0.25, 0.3) is 0 Å². The zero-order valence-electron chi connectivity index (χ0n) is 29.2. The molecule has 2 aromatic rings. The van der Waals surface area contributed by atoms with Crippen LogP contribution in [0.5, 0.6) is 0 Å². The van der Waals surface area contributed by atoms with Crippen LogP contribution < -0.4 is 0 Å². The van der Waals surface area contributed by atoms with Crippen LogP contribution in [0.2, 0.25) is 0 Å². The molecule has 2 rings (SSSR count). The molecular formula is C41H66N2. The van der Waals surface area contributed by atoms with Crippen molar-refractivity contribution in [1.29, 1.82) is 0 Å². The van der Waals surface area contributed by atoms with Crippen LogP contribution in [-0.2, 0) is 25.7 Å². The molecule has 0 spiro atoms. The fourth-order valence-electron chi connectivity index (χ4n) is 5.82. The third-order valence-corrected chi connectivity index (χ3v) is 8.50. The van der Waals surface area contributed by atoms with Gasteiger partial charge in [0.2, 0.25) is 0 Å². The van der Waals surface area contributed by atoms with Gasteiger partial charge in [-0.25, -0.2) is 0 Å². The number of hydrogen-bond acceptors (Lipinski definition) is 2. The maximum atomic E-state index is 5.50. The van der Waals surface area contributed by atoms with E-state index in [1.807, 2.05) is 0 Å². The summed E-state index contributed by atoms with van der Waals surface area (Å²) in [5.41, 5.74) is 10.6. The molecule has 240 valence electrons. The van der Waals surface area contributed by atoms with Gasteiger partial charge in [-0.2, -0.15) is 0 Å². The van der Waals surface area contributed by atoms with E-state index in [2.05, 4.69) is 77.9 Å². The predicted octanol–water partition coefficient (Wildman–Crippen LogP) is 13.5. The Morgan fingerprint density at radius 2 is 0.674 bits per heavy atom. The highest BCUT2D eigenvalue weighted by Gasteiger charge is 2.13. The molecule has 0 aliphatic heterocycles. The highest BCUT2D eigenvalue weighted by molar-refractivity contribution is 6.43. The molecule has 0 N–H and O–H groups in total. The zero-order chi connectivity index (χ0) is 31.1. The Morgan fingerprint density at radius 1 is 0.372 bits per heavy atom. The zero-order valence-corrected chi connectivity index (χ0v) is 29.2. The summed E-state index contributed by atoms with van der Waals surface area (Å²) in [6, 6.07) is 14.4. The lowest BCUT2D eigenvalue weighted by Gasteiger charge is -2.14. The topological polar surface area (TPSA) is 24.7 Å². The average molecular weight is 587 g/mol. The highest BCUT2D eigenvalue weighted by Crippen LogP contribution is 2.26. The molecule has 0 saturated heterocycles. The smallest absolute Gasteiger partial charge is 0.0639 e. The van der Waals surface area contributed by atoms with E-state index in [1.165, 1.54) is 130 Å². The lowest BCUT2D eigenvalue weighted by atomic mass is 9.99. The van der Waals surface area contributed by atoms with E-state index in [-0.39, 0.29) is 0 Å². The number of aryl methyl sites for hydroxylation is 4. The van der Waals surface area contributed by atoms with Crippen molar-refractivity contribution in [2.24, 2.45) is 9.98 Å². The van der Waals surface area contributed by atoms with Crippen LogP contribution in [0.15, 0.2) is 46.4 Å². The Hall–Kier alpha value is -2.22. The van der Waals surface area contributed by atoms with Gasteiger partial charge in [0.05, 0.1) is 22.8 Å². The first kappa shape index (κ1) is 37.0. The van der Waals surface area contributed by atoms with E-state index < -0.39 is 0 Å². The van der Waals surface area contributed by atoms with Crippen LogP contribution in [0.1, 0.15) is 173 Å². The molecule has 0 heterocycles. The van der Waals surface area contributed by atoms with Crippen LogP contribution in [0.4, 0.5) is 11.4 Å². The Balaban J connectivity index is 2.63. The monoisotopic (exact) mass is 587 g/mol. The summed E-state index contributed by atoms with van der Waals surface area (Å²) in [5, 5.41) is 0. The van der Waals surface area contributed by atoms with Crippen LogP contribution in [0, 0.1) is 0 Å². The Morgan fingerprint density at radius 3 is 1.00 bits per heavy atom. The van der Waals surface area contributed by atoms with Crippen molar-refractivity contribution >= 4 is 22.8 Å². The normalized spacial score (nSPS) is 12.3. The highest BCUT2D eigenvalue weighted by atomic mass is 14.8. The summed E-state index contributed by atoms with van der Waals surface area (Å²) in [7, 11) is 0. The Bertz CT molecular complexity index is 1020. The molecule has 0 bridgehead atoms. The predicted molar refractivity (Wildman–Crippen MR) is 194 cm³/mol. The number of rotatable bonds is 24. The molecule has 0 aliphatic rings. The molecule has 0 aliphatic carbocycles. The fourth-order valence-corrected chi connectivity index (χ4v) is 5.82. The SMILES string of the molecule is CCCCCCC(=Nc1cc(CCCC)cc(CCCC)c1)C(CCCCC)=Nc1cc(CCCC)cc(CCCC)c1. The molecule has 0 radical (unpaired) electrons. The van der Waals surface area contributed by atoms with Gasteiger partial charge in [-0.1, -0.05) is 111 Å². The number of nitrogens with zero attached hydrogens (tertiary/aromatic N) is 2. The van der Waals surface area contributed by atoms with Crippen molar-refractivity contribution in [3.63, 3.8) is 0 Å². The van der Waals surface area contributed by atoms with Gasteiger partial charge in [0, 0.05) is 0 Å². The summed E-state index contributed by atoms with van der Waals surface area (Å²) >= 11 is 0. The summed E-state index contributed by atoms with van der Waals surface area (Å²) in [4.78, 5) is 11.0. The molecule has 0 amide bonds. The lowest BCUT2D eigenvalue weighted by Crippen LogP contribution is -2.14. The van der Waals surface area contributed by atoms with Gasteiger partial charge >= 0.3 is 0 Å². The van der Waals surface area contributed by atoms with Gasteiger partial charge in [0.15, 0.2) is 0 Å². The first-order valence-corrected chi connectivity index (χ1v) is 18.5. The molecule has 0 fully saturated rings. The van der Waals surface area contributed by atoms with Crippen LogP contribution in [0.25, 0.3) is 0 Å². The van der Waals surface area contributed by atoms with Crippen molar-refractivity contribution in [2.45, 2.75) is 176 Å². The first-order chi connectivity index (χ1) is 21.1. The van der Waals surface area contributed by atoms with Gasteiger partial charge in [-0.3, -0.25) is 9.98 Å². The molecule has 0 atom stereocenters. The molecule has 0 aromatic heterocycles. The molecule has 2 heteroatoms. The van der Waals surface area contributed by atoms with Gasteiger partial charge in [-0.05, 0) is 124 Å². The van der Waals surface area contributed by atoms with Crippen molar-refractivity contribution in [1.82, 2.24) is 0 Å². The van der Waals surface area contributed by atoms with Gasteiger partial charge < -0.3 is 0 Å². The maximum absolute atomic E-state index is 5.50. The molecule has 43 heavy (non-hydrogen) atoms. The third kappa shape index (κ3) is 15.4. The van der Waals surface area contributed by atoms with Crippen LogP contribution >= 0.6 is 0 Å². The van der Waals surface area contributed by atoms with Crippen molar-refractivity contribution in [3.8, 4) is 0 Å². The number of hydrogen-bond donors (Lipinski definition) is 0. The summed E-state index contributed by atoms with van der Waals surface area (Å²) < 4.78 is 0.